The molecule has 1 aliphatic rings. The van der Waals surface area contributed by atoms with Crippen LogP contribution in [0.4, 0.5) is 0 Å². The largest absolute Gasteiger partial charge is 0.333 e. The van der Waals surface area contributed by atoms with E-state index in [2.05, 4.69) is 18.7 Å². The zero-order chi connectivity index (χ0) is 25.2. The molecule has 184 valence electrons. The Kier molecular flexibility index (Phi) is 6.70. The fraction of sp³-hybridized carbons (Fsp3) is 0.300. The molecule has 0 radical (unpaired) electrons. The van der Waals surface area contributed by atoms with Gasteiger partial charge in [-0.2, -0.15) is 0 Å². The molecule has 36 heavy (non-hydrogen) atoms. The first-order valence-electron chi connectivity index (χ1n) is 12.6. The van der Waals surface area contributed by atoms with E-state index in [1.165, 1.54) is 0 Å². The first-order chi connectivity index (χ1) is 17.4. The molecule has 3 aromatic carbocycles. The fourth-order valence-corrected chi connectivity index (χ4v) is 5.19. The van der Waals surface area contributed by atoms with Crippen molar-refractivity contribution in [1.82, 2.24) is 19.4 Å². The van der Waals surface area contributed by atoms with Crippen LogP contribution in [0, 0.1) is 6.92 Å². The zero-order valence-corrected chi connectivity index (χ0v) is 21.1. The molecular weight excluding hydrogens is 448 g/mol. The molecule has 0 spiro atoms. The number of fused-ring (bicyclic) bond motifs is 1. The van der Waals surface area contributed by atoms with Crippen LogP contribution in [0.15, 0.2) is 83.7 Å². The first-order valence-corrected chi connectivity index (χ1v) is 12.6. The maximum Gasteiger partial charge on any atom is 0.261 e. The third-order valence-corrected chi connectivity index (χ3v) is 7.29. The third kappa shape index (κ3) is 4.56. The summed E-state index contributed by atoms with van der Waals surface area (Å²) >= 11 is 0. The highest BCUT2D eigenvalue weighted by Crippen LogP contribution is 2.25. The number of amides is 1. The summed E-state index contributed by atoms with van der Waals surface area (Å²) in [5.41, 5.74) is 3.52. The van der Waals surface area contributed by atoms with E-state index in [1.54, 1.807) is 0 Å². The van der Waals surface area contributed by atoms with Crippen LogP contribution in [0.3, 0.4) is 0 Å². The van der Waals surface area contributed by atoms with E-state index in [-0.39, 0.29) is 23.6 Å². The Bertz CT molecular complexity index is 1450. The molecule has 1 amide bonds. The molecule has 1 aromatic heterocycles. The van der Waals surface area contributed by atoms with Crippen LogP contribution in [0.1, 0.15) is 47.2 Å². The van der Waals surface area contributed by atoms with Crippen LogP contribution in [-0.2, 0) is 6.54 Å². The van der Waals surface area contributed by atoms with E-state index in [4.69, 9.17) is 4.98 Å². The average molecular weight is 481 g/mol. The van der Waals surface area contributed by atoms with Crippen molar-refractivity contribution in [2.45, 2.75) is 39.4 Å². The molecule has 2 unspecified atom stereocenters. The van der Waals surface area contributed by atoms with E-state index in [1.807, 2.05) is 95.3 Å². The van der Waals surface area contributed by atoms with Gasteiger partial charge in [0.2, 0.25) is 0 Å². The summed E-state index contributed by atoms with van der Waals surface area (Å²) < 4.78 is 1.82. The highest BCUT2D eigenvalue weighted by atomic mass is 16.2. The summed E-state index contributed by atoms with van der Waals surface area (Å²) in [6, 6.07) is 25.3. The second-order valence-corrected chi connectivity index (χ2v) is 9.70. The van der Waals surface area contributed by atoms with Gasteiger partial charge in [0.1, 0.15) is 5.82 Å². The van der Waals surface area contributed by atoms with Crippen LogP contribution in [0.25, 0.3) is 10.9 Å². The van der Waals surface area contributed by atoms with E-state index in [0.717, 1.165) is 34.6 Å². The molecule has 0 N–H and O–H groups in total. The number of rotatable bonds is 5. The Hall–Kier alpha value is -3.77. The van der Waals surface area contributed by atoms with Gasteiger partial charge in [-0.1, -0.05) is 60.7 Å². The zero-order valence-electron chi connectivity index (χ0n) is 21.1. The maximum atomic E-state index is 13.6. The Morgan fingerprint density at radius 1 is 0.972 bits per heavy atom. The number of benzene rings is 3. The lowest BCUT2D eigenvalue weighted by Crippen LogP contribution is -2.54. The molecule has 4 aromatic rings. The second kappa shape index (κ2) is 10.1. The van der Waals surface area contributed by atoms with Gasteiger partial charge in [-0.3, -0.25) is 19.1 Å². The number of hydrogen-bond acceptors (Lipinski definition) is 4. The van der Waals surface area contributed by atoms with Gasteiger partial charge in [-0.05, 0) is 50.1 Å². The molecule has 2 atom stereocenters. The molecular formula is C30H32N4O2. The minimum absolute atomic E-state index is 0.0206. The van der Waals surface area contributed by atoms with Gasteiger partial charge in [0, 0.05) is 31.2 Å². The maximum absolute atomic E-state index is 13.6. The van der Waals surface area contributed by atoms with Crippen molar-refractivity contribution in [2.75, 3.05) is 19.6 Å². The van der Waals surface area contributed by atoms with Gasteiger partial charge in [0.15, 0.2) is 0 Å². The van der Waals surface area contributed by atoms with E-state index in [9.17, 15) is 9.59 Å². The minimum atomic E-state index is -0.0795. The van der Waals surface area contributed by atoms with Crippen LogP contribution in [0.2, 0.25) is 0 Å². The lowest BCUT2D eigenvalue weighted by Gasteiger charge is -2.42. The summed E-state index contributed by atoms with van der Waals surface area (Å²) in [6.07, 6.45) is 0. The van der Waals surface area contributed by atoms with Gasteiger partial charge in [-0.25, -0.2) is 4.98 Å². The molecule has 1 fully saturated rings. The summed E-state index contributed by atoms with van der Waals surface area (Å²) in [5.74, 6) is 0.839. The number of aryl methyl sites for hydroxylation is 1. The number of aromatic nitrogens is 2. The summed E-state index contributed by atoms with van der Waals surface area (Å²) in [4.78, 5) is 36.2. The van der Waals surface area contributed by atoms with Crippen LogP contribution in [-0.4, -0.2) is 50.9 Å². The molecule has 0 aliphatic carbocycles. The summed E-state index contributed by atoms with van der Waals surface area (Å²) in [7, 11) is 0. The Labute approximate surface area is 211 Å². The van der Waals surface area contributed by atoms with Gasteiger partial charge in [0.25, 0.3) is 11.5 Å². The van der Waals surface area contributed by atoms with Gasteiger partial charge >= 0.3 is 0 Å². The number of hydrogen-bond donors (Lipinski definition) is 0. The number of para-hydroxylation sites is 1. The molecule has 0 bridgehead atoms. The number of carbonyl (C=O) groups excluding carboxylic acids is 1. The smallest absolute Gasteiger partial charge is 0.261 e. The summed E-state index contributed by atoms with van der Waals surface area (Å²) in [5, 5.41) is 0.631. The van der Waals surface area contributed by atoms with E-state index >= 15 is 0 Å². The van der Waals surface area contributed by atoms with Gasteiger partial charge < -0.3 is 4.90 Å². The second-order valence-electron chi connectivity index (χ2n) is 9.70. The summed E-state index contributed by atoms with van der Waals surface area (Å²) in [6.45, 7) is 8.73. The Morgan fingerprint density at radius 3 is 2.42 bits per heavy atom. The predicted octanol–water partition coefficient (Wildman–Crippen LogP) is 4.66. The van der Waals surface area contributed by atoms with Crippen molar-refractivity contribution in [3.63, 3.8) is 0 Å². The van der Waals surface area contributed by atoms with Crippen molar-refractivity contribution in [3.8, 4) is 0 Å². The Morgan fingerprint density at radius 2 is 1.67 bits per heavy atom. The predicted molar refractivity (Wildman–Crippen MR) is 143 cm³/mol. The average Bonchev–Trinajstić information content (AvgIpc) is 2.90. The highest BCUT2D eigenvalue weighted by molar-refractivity contribution is 5.95. The SMILES string of the molecule is Cc1ccccc1C(=O)N1CCN(C(C)c2nc3ccccc3c(=O)n2Cc2ccccc2)CC1C. The lowest BCUT2D eigenvalue weighted by molar-refractivity contribution is 0.0391. The van der Waals surface area contributed by atoms with Crippen LogP contribution < -0.4 is 5.56 Å². The lowest BCUT2D eigenvalue weighted by atomic mass is 10.0. The highest BCUT2D eigenvalue weighted by Gasteiger charge is 2.32. The number of nitrogens with zero attached hydrogens (tertiary/aromatic N) is 4. The molecule has 0 saturated carbocycles. The standard InChI is InChI=1S/C30H32N4O2/c1-21-11-7-8-14-25(21)29(35)33-18-17-32(19-22(33)2)23(3)28-31-27-16-10-9-15-26(27)30(36)34(28)20-24-12-5-4-6-13-24/h4-16,22-23H,17-20H2,1-3H3. The van der Waals surface area contributed by atoms with E-state index in [0.29, 0.717) is 25.0 Å². The quantitative estimate of drug-likeness (QED) is 0.417. The molecule has 6 heteroatoms. The molecule has 6 nitrogen and oxygen atoms in total. The van der Waals surface area contributed by atoms with Crippen molar-refractivity contribution in [3.05, 3.63) is 112 Å². The molecule has 5 rings (SSSR count). The van der Waals surface area contributed by atoms with Gasteiger partial charge in [-0.15, -0.1) is 0 Å². The monoisotopic (exact) mass is 480 g/mol. The van der Waals surface area contributed by atoms with Crippen LogP contribution in [0.5, 0.6) is 0 Å². The normalized spacial score (nSPS) is 17.3. The Balaban J connectivity index is 1.44. The third-order valence-electron chi connectivity index (χ3n) is 7.29. The minimum Gasteiger partial charge on any atom is -0.333 e. The molecule has 2 heterocycles. The van der Waals surface area contributed by atoms with Crippen molar-refractivity contribution in [1.29, 1.82) is 0 Å². The van der Waals surface area contributed by atoms with Crippen molar-refractivity contribution >= 4 is 16.8 Å². The van der Waals surface area contributed by atoms with Crippen molar-refractivity contribution < 1.29 is 4.79 Å². The molecule has 1 aliphatic heterocycles. The number of carbonyl (C=O) groups is 1. The van der Waals surface area contributed by atoms with Crippen LogP contribution >= 0.6 is 0 Å². The van der Waals surface area contributed by atoms with Crippen molar-refractivity contribution in [2.24, 2.45) is 0 Å². The first kappa shape index (κ1) is 23.9. The fourth-order valence-electron chi connectivity index (χ4n) is 5.19. The molecule has 1 saturated heterocycles. The topological polar surface area (TPSA) is 58.4 Å². The van der Waals surface area contributed by atoms with E-state index < -0.39 is 0 Å². The van der Waals surface area contributed by atoms with Gasteiger partial charge in [0.05, 0.1) is 23.5 Å². The number of piperazine rings is 1.